The van der Waals surface area contributed by atoms with E-state index in [0.717, 1.165) is 23.1 Å². The van der Waals surface area contributed by atoms with Gasteiger partial charge in [-0.2, -0.15) is 0 Å². The van der Waals surface area contributed by atoms with Crippen LogP contribution in [-0.4, -0.2) is 15.9 Å². The molecule has 3 aromatic rings. The summed E-state index contributed by atoms with van der Waals surface area (Å²) >= 11 is 0. The molecule has 1 aliphatic rings. The molecule has 1 fully saturated rings. The first-order valence-electron chi connectivity index (χ1n) is 10.0. The Morgan fingerprint density at radius 3 is 2.32 bits per heavy atom. The number of carbonyl (C=O) groups excluding carboxylic acids is 1. The number of rotatable bonds is 6. The van der Waals surface area contributed by atoms with Crippen LogP contribution in [0.3, 0.4) is 0 Å². The van der Waals surface area contributed by atoms with Gasteiger partial charge in [0.05, 0.1) is 5.92 Å². The van der Waals surface area contributed by atoms with E-state index < -0.39 is 0 Å². The van der Waals surface area contributed by atoms with Crippen LogP contribution in [0.15, 0.2) is 73.2 Å². The first-order chi connectivity index (χ1) is 13.8. The lowest BCUT2D eigenvalue weighted by Gasteiger charge is -2.21. The molecule has 1 atom stereocenters. The zero-order chi connectivity index (χ0) is 19.2. The van der Waals surface area contributed by atoms with Crippen LogP contribution in [0.5, 0.6) is 0 Å². The Kier molecular flexibility index (Phi) is 5.76. The van der Waals surface area contributed by atoms with Crippen LogP contribution >= 0.6 is 0 Å². The molecule has 0 radical (unpaired) electrons. The number of hydrogen-bond donors (Lipinski definition) is 1. The summed E-state index contributed by atoms with van der Waals surface area (Å²) in [4.78, 5) is 21.4. The molecule has 0 spiro atoms. The predicted octanol–water partition coefficient (Wildman–Crippen LogP) is 5.45. The Labute approximate surface area is 166 Å². The van der Waals surface area contributed by atoms with E-state index >= 15 is 0 Å². The zero-order valence-corrected chi connectivity index (χ0v) is 15.9. The average molecular weight is 371 g/mol. The number of aromatic nitrogens is 2. The van der Waals surface area contributed by atoms with E-state index in [2.05, 4.69) is 39.6 Å². The number of pyridine rings is 2. The van der Waals surface area contributed by atoms with Crippen LogP contribution < -0.4 is 5.32 Å². The Bertz CT molecular complexity index is 888. The van der Waals surface area contributed by atoms with E-state index in [9.17, 15) is 4.79 Å². The van der Waals surface area contributed by atoms with Gasteiger partial charge >= 0.3 is 0 Å². The number of benzene rings is 1. The molecule has 2 heterocycles. The van der Waals surface area contributed by atoms with Gasteiger partial charge in [-0.3, -0.25) is 9.78 Å². The van der Waals surface area contributed by atoms with Crippen LogP contribution in [0, 0.1) is 5.92 Å². The maximum absolute atomic E-state index is 13.1. The van der Waals surface area contributed by atoms with E-state index in [1.165, 1.54) is 25.7 Å². The Morgan fingerprint density at radius 2 is 1.64 bits per heavy atom. The van der Waals surface area contributed by atoms with Gasteiger partial charge in [-0.1, -0.05) is 56.0 Å². The maximum atomic E-state index is 13.1. The van der Waals surface area contributed by atoms with Gasteiger partial charge in [-0.15, -0.1) is 0 Å². The molecule has 4 heteroatoms. The van der Waals surface area contributed by atoms with Gasteiger partial charge in [0.2, 0.25) is 5.91 Å². The summed E-state index contributed by atoms with van der Waals surface area (Å²) in [5.41, 5.74) is 3.33. The standard InChI is InChI=1S/C24H25N3O/c28-24(27-23-7-3-4-14-26-23)22(17-18-5-1-2-6-18)21-10-8-19(9-11-21)20-12-15-25-16-13-20/h3-4,7-16,18,22H,1-2,5-6,17H2,(H,26,27,28). The van der Waals surface area contributed by atoms with Gasteiger partial charge in [0.15, 0.2) is 0 Å². The van der Waals surface area contributed by atoms with E-state index in [1.807, 2.05) is 30.3 Å². The summed E-state index contributed by atoms with van der Waals surface area (Å²) in [7, 11) is 0. The largest absolute Gasteiger partial charge is 0.310 e. The molecule has 28 heavy (non-hydrogen) atoms. The third-order valence-corrected chi connectivity index (χ3v) is 5.60. The minimum absolute atomic E-state index is 0.0299. The molecule has 0 bridgehead atoms. The van der Waals surface area contributed by atoms with Crippen molar-refractivity contribution in [3.8, 4) is 11.1 Å². The van der Waals surface area contributed by atoms with Crippen molar-refractivity contribution < 1.29 is 4.79 Å². The van der Waals surface area contributed by atoms with Crippen LogP contribution in [0.2, 0.25) is 0 Å². The molecule has 1 saturated carbocycles. The number of anilines is 1. The third-order valence-electron chi connectivity index (χ3n) is 5.60. The predicted molar refractivity (Wildman–Crippen MR) is 112 cm³/mol. The van der Waals surface area contributed by atoms with Crippen molar-refractivity contribution >= 4 is 11.7 Å². The SMILES string of the molecule is O=C(Nc1ccccn1)C(CC1CCCC1)c1ccc(-c2ccncc2)cc1. The van der Waals surface area contributed by atoms with Crippen molar-refractivity contribution in [2.75, 3.05) is 5.32 Å². The highest BCUT2D eigenvalue weighted by molar-refractivity contribution is 5.95. The van der Waals surface area contributed by atoms with Gasteiger partial charge in [-0.25, -0.2) is 4.98 Å². The Morgan fingerprint density at radius 1 is 0.929 bits per heavy atom. The second-order valence-corrected chi connectivity index (χ2v) is 7.50. The molecule has 4 rings (SSSR count). The topological polar surface area (TPSA) is 54.9 Å². The normalized spacial score (nSPS) is 15.3. The van der Waals surface area contributed by atoms with E-state index in [1.54, 1.807) is 18.6 Å². The lowest BCUT2D eigenvalue weighted by molar-refractivity contribution is -0.118. The highest BCUT2D eigenvalue weighted by Crippen LogP contribution is 2.35. The molecule has 1 unspecified atom stereocenters. The first-order valence-corrected chi connectivity index (χ1v) is 10.0. The maximum Gasteiger partial charge on any atom is 0.233 e. The van der Waals surface area contributed by atoms with Gasteiger partial charge in [0.25, 0.3) is 0 Å². The smallest absolute Gasteiger partial charge is 0.233 e. The fourth-order valence-electron chi connectivity index (χ4n) is 4.08. The number of nitrogens with one attached hydrogen (secondary N) is 1. The number of hydrogen-bond acceptors (Lipinski definition) is 3. The third kappa shape index (κ3) is 4.45. The molecule has 2 aromatic heterocycles. The molecular formula is C24H25N3O. The van der Waals surface area contributed by atoms with Crippen LogP contribution in [-0.2, 0) is 4.79 Å². The van der Waals surface area contributed by atoms with Gasteiger partial charge < -0.3 is 5.32 Å². The second kappa shape index (κ2) is 8.79. The molecule has 4 nitrogen and oxygen atoms in total. The van der Waals surface area contributed by atoms with Gasteiger partial charge in [-0.05, 0) is 53.3 Å². The highest BCUT2D eigenvalue weighted by Gasteiger charge is 2.27. The fourth-order valence-corrected chi connectivity index (χ4v) is 4.08. The Balaban J connectivity index is 1.56. The molecule has 1 N–H and O–H groups in total. The molecule has 1 aromatic carbocycles. The van der Waals surface area contributed by atoms with Crippen LogP contribution in [0.25, 0.3) is 11.1 Å². The van der Waals surface area contributed by atoms with Crippen molar-refractivity contribution in [2.24, 2.45) is 5.92 Å². The molecule has 1 aliphatic carbocycles. The van der Waals surface area contributed by atoms with E-state index in [0.29, 0.717) is 11.7 Å². The van der Waals surface area contributed by atoms with Crippen LogP contribution in [0.4, 0.5) is 5.82 Å². The van der Waals surface area contributed by atoms with Crippen molar-refractivity contribution in [3.05, 3.63) is 78.8 Å². The van der Waals surface area contributed by atoms with E-state index in [-0.39, 0.29) is 11.8 Å². The summed E-state index contributed by atoms with van der Waals surface area (Å²) in [6.45, 7) is 0. The summed E-state index contributed by atoms with van der Waals surface area (Å²) in [6.07, 6.45) is 11.2. The van der Waals surface area contributed by atoms with Gasteiger partial charge in [0, 0.05) is 18.6 Å². The Hall–Kier alpha value is -3.01. The fraction of sp³-hybridized carbons (Fsp3) is 0.292. The molecular weight excluding hydrogens is 346 g/mol. The van der Waals surface area contributed by atoms with Gasteiger partial charge in [0.1, 0.15) is 5.82 Å². The van der Waals surface area contributed by atoms with Crippen molar-refractivity contribution in [1.29, 1.82) is 0 Å². The minimum Gasteiger partial charge on any atom is -0.310 e. The molecule has 0 saturated heterocycles. The van der Waals surface area contributed by atoms with Crippen molar-refractivity contribution in [1.82, 2.24) is 9.97 Å². The second-order valence-electron chi connectivity index (χ2n) is 7.50. The van der Waals surface area contributed by atoms with Crippen molar-refractivity contribution in [2.45, 2.75) is 38.0 Å². The molecule has 1 amide bonds. The highest BCUT2D eigenvalue weighted by atomic mass is 16.1. The summed E-state index contributed by atoms with van der Waals surface area (Å²) < 4.78 is 0. The number of carbonyl (C=O) groups is 1. The minimum atomic E-state index is -0.156. The summed E-state index contributed by atoms with van der Waals surface area (Å²) in [5.74, 6) is 1.11. The summed E-state index contributed by atoms with van der Waals surface area (Å²) in [6, 6.07) is 17.9. The van der Waals surface area contributed by atoms with E-state index in [4.69, 9.17) is 0 Å². The quantitative estimate of drug-likeness (QED) is 0.627. The number of nitrogens with zero attached hydrogens (tertiary/aromatic N) is 2. The zero-order valence-electron chi connectivity index (χ0n) is 15.9. The monoisotopic (exact) mass is 371 g/mol. The summed E-state index contributed by atoms with van der Waals surface area (Å²) in [5, 5.41) is 3.00. The first kappa shape index (κ1) is 18.4. The average Bonchev–Trinajstić information content (AvgIpc) is 3.27. The van der Waals surface area contributed by atoms with Crippen LogP contribution in [0.1, 0.15) is 43.6 Å². The van der Waals surface area contributed by atoms with Crippen molar-refractivity contribution in [3.63, 3.8) is 0 Å². The molecule has 142 valence electrons. The number of amides is 1. The lowest BCUT2D eigenvalue weighted by Crippen LogP contribution is -2.23. The molecule has 0 aliphatic heterocycles. The lowest BCUT2D eigenvalue weighted by atomic mass is 9.86.